The fourth-order valence-corrected chi connectivity index (χ4v) is 4.01. The molecule has 2 aliphatic rings. The Hall–Kier alpha value is 0.177. The molecular weight excluding hydrogens is 188 g/mol. The second-order valence-electron chi connectivity index (χ2n) is 5.21. The maximum absolute atomic E-state index is 5.57. The van der Waals surface area contributed by atoms with Crippen LogP contribution >= 0.6 is 0 Å². The van der Waals surface area contributed by atoms with Crippen LogP contribution < -0.4 is 0 Å². The molecule has 0 heterocycles. The van der Waals surface area contributed by atoms with Crippen LogP contribution in [0.5, 0.6) is 0 Å². The maximum atomic E-state index is 5.57. The lowest BCUT2D eigenvalue weighted by Gasteiger charge is -2.28. The second-order valence-corrected chi connectivity index (χ2v) is 5.79. The molecule has 2 fully saturated rings. The first-order valence-electron chi connectivity index (χ1n) is 6.40. The smallest absolute Gasteiger partial charge is 0.145 e. The van der Waals surface area contributed by atoms with Gasteiger partial charge in [-0.25, -0.2) is 0 Å². The van der Waals surface area contributed by atoms with Crippen molar-refractivity contribution >= 4 is 10.5 Å². The van der Waals surface area contributed by atoms with E-state index >= 15 is 0 Å². The summed E-state index contributed by atoms with van der Waals surface area (Å²) in [6.45, 7) is 1.08. The van der Waals surface area contributed by atoms with Crippen molar-refractivity contribution in [3.05, 3.63) is 0 Å². The minimum atomic E-state index is 0.928. The molecular formula is C12H24OSi. The highest BCUT2D eigenvalue weighted by Gasteiger charge is 2.32. The van der Waals surface area contributed by atoms with Gasteiger partial charge in [0, 0.05) is 6.61 Å². The molecule has 14 heavy (non-hydrogen) atoms. The molecule has 0 spiro atoms. The van der Waals surface area contributed by atoms with Gasteiger partial charge in [0.1, 0.15) is 10.5 Å². The van der Waals surface area contributed by atoms with E-state index in [4.69, 9.17) is 4.43 Å². The van der Waals surface area contributed by atoms with Crippen LogP contribution in [0.4, 0.5) is 0 Å². The summed E-state index contributed by atoms with van der Waals surface area (Å²) in [5.41, 5.74) is 0. The monoisotopic (exact) mass is 212 g/mol. The van der Waals surface area contributed by atoms with E-state index in [2.05, 4.69) is 0 Å². The van der Waals surface area contributed by atoms with Crippen molar-refractivity contribution in [2.24, 2.45) is 17.8 Å². The number of hydrogen-bond donors (Lipinski definition) is 0. The third-order valence-corrected chi connectivity index (χ3v) is 4.70. The van der Waals surface area contributed by atoms with E-state index in [0.29, 0.717) is 0 Å². The summed E-state index contributed by atoms with van der Waals surface area (Å²) < 4.78 is 5.57. The van der Waals surface area contributed by atoms with E-state index in [-0.39, 0.29) is 0 Å². The predicted molar refractivity (Wildman–Crippen MR) is 63.3 cm³/mol. The molecule has 0 radical (unpaired) electrons. The standard InChI is InChI=1S/C12H24OSi/c14-13-9-12(10-5-1-2-6-10)11-7-3-4-8-11/h10-12H,1-9H2,14H3. The van der Waals surface area contributed by atoms with Crippen molar-refractivity contribution < 1.29 is 4.43 Å². The van der Waals surface area contributed by atoms with Crippen LogP contribution in [0.2, 0.25) is 0 Å². The van der Waals surface area contributed by atoms with Gasteiger partial charge in [-0.2, -0.15) is 0 Å². The van der Waals surface area contributed by atoms with E-state index in [1.165, 1.54) is 51.4 Å². The van der Waals surface area contributed by atoms with E-state index < -0.39 is 0 Å². The van der Waals surface area contributed by atoms with Crippen LogP contribution in [-0.4, -0.2) is 17.1 Å². The van der Waals surface area contributed by atoms with E-state index in [0.717, 1.165) is 34.8 Å². The van der Waals surface area contributed by atoms with Crippen molar-refractivity contribution in [2.75, 3.05) is 6.61 Å². The first kappa shape index (κ1) is 10.7. The summed E-state index contributed by atoms with van der Waals surface area (Å²) in [6.07, 6.45) is 11.9. The lowest BCUT2D eigenvalue weighted by molar-refractivity contribution is 0.146. The zero-order valence-corrected chi connectivity index (χ0v) is 11.5. The normalized spacial score (nSPS) is 25.5. The molecule has 2 rings (SSSR count). The van der Waals surface area contributed by atoms with E-state index in [1.807, 2.05) is 0 Å². The summed E-state index contributed by atoms with van der Waals surface area (Å²) in [4.78, 5) is 0. The zero-order chi connectivity index (χ0) is 9.80. The highest BCUT2D eigenvalue weighted by molar-refractivity contribution is 5.97. The lowest BCUT2D eigenvalue weighted by Crippen LogP contribution is -2.24. The lowest BCUT2D eigenvalue weighted by atomic mass is 9.80. The minimum absolute atomic E-state index is 0.928. The molecule has 2 saturated carbocycles. The molecule has 0 N–H and O–H groups in total. The number of hydrogen-bond acceptors (Lipinski definition) is 1. The van der Waals surface area contributed by atoms with Crippen LogP contribution in [0.25, 0.3) is 0 Å². The summed E-state index contributed by atoms with van der Waals surface area (Å²) in [7, 11) is 0.930. The Bertz CT molecular complexity index is 144. The zero-order valence-electron chi connectivity index (χ0n) is 9.50. The summed E-state index contributed by atoms with van der Waals surface area (Å²) >= 11 is 0. The maximum Gasteiger partial charge on any atom is 0.145 e. The molecule has 0 aliphatic heterocycles. The van der Waals surface area contributed by atoms with Gasteiger partial charge in [-0.1, -0.05) is 51.4 Å². The van der Waals surface area contributed by atoms with Gasteiger partial charge in [-0.05, 0) is 17.8 Å². The average Bonchev–Trinajstić information content (AvgIpc) is 2.87. The highest BCUT2D eigenvalue weighted by Crippen LogP contribution is 2.41. The van der Waals surface area contributed by atoms with Gasteiger partial charge >= 0.3 is 0 Å². The average molecular weight is 212 g/mol. The SMILES string of the molecule is [SiH3]OCC(C1CCCC1)C1CCCC1. The van der Waals surface area contributed by atoms with Crippen molar-refractivity contribution in [2.45, 2.75) is 51.4 Å². The molecule has 1 nitrogen and oxygen atoms in total. The fourth-order valence-electron chi connectivity index (χ4n) is 3.62. The molecule has 0 saturated heterocycles. The van der Waals surface area contributed by atoms with Crippen molar-refractivity contribution in [1.82, 2.24) is 0 Å². The van der Waals surface area contributed by atoms with Crippen LogP contribution in [-0.2, 0) is 4.43 Å². The van der Waals surface area contributed by atoms with Crippen LogP contribution in [0.3, 0.4) is 0 Å². The van der Waals surface area contributed by atoms with E-state index in [1.54, 1.807) is 0 Å². The van der Waals surface area contributed by atoms with Gasteiger partial charge in [-0.15, -0.1) is 0 Å². The third kappa shape index (κ3) is 2.40. The molecule has 2 heteroatoms. The summed E-state index contributed by atoms with van der Waals surface area (Å²) in [5.74, 6) is 2.97. The van der Waals surface area contributed by atoms with E-state index in [9.17, 15) is 0 Å². The Morgan fingerprint density at radius 2 is 1.36 bits per heavy atom. The van der Waals surface area contributed by atoms with Crippen LogP contribution in [0.1, 0.15) is 51.4 Å². The van der Waals surface area contributed by atoms with Crippen molar-refractivity contribution in [1.29, 1.82) is 0 Å². The molecule has 0 aromatic rings. The Balaban J connectivity index is 1.91. The quantitative estimate of drug-likeness (QED) is 0.650. The molecule has 0 aromatic heterocycles. The van der Waals surface area contributed by atoms with Gasteiger partial charge in [-0.3, -0.25) is 0 Å². The Morgan fingerprint density at radius 1 is 0.929 bits per heavy atom. The molecule has 0 amide bonds. The molecule has 0 unspecified atom stereocenters. The second kappa shape index (κ2) is 5.31. The van der Waals surface area contributed by atoms with Gasteiger partial charge in [0.15, 0.2) is 0 Å². The molecule has 0 atom stereocenters. The Morgan fingerprint density at radius 3 is 1.71 bits per heavy atom. The Kier molecular flexibility index (Phi) is 4.06. The molecule has 2 aliphatic carbocycles. The van der Waals surface area contributed by atoms with Gasteiger partial charge in [0.2, 0.25) is 0 Å². The Labute approximate surface area is 91.1 Å². The topological polar surface area (TPSA) is 9.23 Å². The van der Waals surface area contributed by atoms with Gasteiger partial charge in [0.05, 0.1) is 0 Å². The van der Waals surface area contributed by atoms with Crippen molar-refractivity contribution in [3.63, 3.8) is 0 Å². The minimum Gasteiger partial charge on any atom is -0.428 e. The first-order chi connectivity index (χ1) is 6.92. The summed E-state index contributed by atoms with van der Waals surface area (Å²) in [6, 6.07) is 0. The van der Waals surface area contributed by atoms with Gasteiger partial charge < -0.3 is 4.43 Å². The molecule has 0 aromatic carbocycles. The predicted octanol–water partition coefficient (Wildman–Crippen LogP) is 2.28. The first-order valence-corrected chi connectivity index (χ1v) is 7.22. The largest absolute Gasteiger partial charge is 0.428 e. The molecule has 0 bridgehead atoms. The van der Waals surface area contributed by atoms with Crippen molar-refractivity contribution in [3.8, 4) is 0 Å². The van der Waals surface area contributed by atoms with Crippen LogP contribution in [0.15, 0.2) is 0 Å². The third-order valence-electron chi connectivity index (χ3n) is 4.37. The highest BCUT2D eigenvalue weighted by atomic mass is 28.2. The van der Waals surface area contributed by atoms with Crippen LogP contribution in [0, 0.1) is 17.8 Å². The number of rotatable bonds is 4. The summed E-state index contributed by atoms with van der Waals surface area (Å²) in [5, 5.41) is 0. The molecule has 82 valence electrons. The van der Waals surface area contributed by atoms with Gasteiger partial charge in [0.25, 0.3) is 0 Å². The fraction of sp³-hybridized carbons (Fsp3) is 1.00.